The van der Waals surface area contributed by atoms with Gasteiger partial charge in [-0.1, -0.05) is 32.1 Å². The summed E-state index contributed by atoms with van der Waals surface area (Å²) < 4.78 is 0. The molecule has 75 valence electrons. The molecule has 1 atom stereocenters. The van der Waals surface area contributed by atoms with Gasteiger partial charge in [0.05, 0.1) is 0 Å². The van der Waals surface area contributed by atoms with Crippen LogP contribution in [0.4, 0.5) is 0 Å². The minimum Gasteiger partial charge on any atom is -0.238 e. The molecule has 0 aromatic carbocycles. The second kappa shape index (κ2) is 4.99. The Kier molecular flexibility index (Phi) is 3.65. The van der Waals surface area contributed by atoms with Crippen molar-refractivity contribution in [2.24, 2.45) is 5.92 Å². The normalized spacial score (nSPS) is 32.8. The Hall–Kier alpha value is -0.0400. The Morgan fingerprint density at radius 3 is 2.23 bits per heavy atom. The van der Waals surface area contributed by atoms with E-state index < -0.39 is 0 Å². The van der Waals surface area contributed by atoms with Crippen molar-refractivity contribution in [2.45, 2.75) is 63.8 Å². The molecule has 1 radical (unpaired) electrons. The van der Waals surface area contributed by atoms with E-state index in [1.54, 1.807) is 0 Å². The molecule has 1 heteroatoms. The summed E-state index contributed by atoms with van der Waals surface area (Å²) in [7, 11) is 0. The molecule has 1 heterocycles. The van der Waals surface area contributed by atoms with Gasteiger partial charge in [-0.05, 0) is 31.6 Å². The molecule has 1 saturated heterocycles. The summed E-state index contributed by atoms with van der Waals surface area (Å²) >= 11 is 0. The first-order valence-corrected chi connectivity index (χ1v) is 6.13. The van der Waals surface area contributed by atoms with Gasteiger partial charge in [0, 0.05) is 12.6 Å². The van der Waals surface area contributed by atoms with Crippen LogP contribution in [0.2, 0.25) is 0 Å². The lowest BCUT2D eigenvalue weighted by molar-refractivity contribution is 0.261. The van der Waals surface area contributed by atoms with Crippen molar-refractivity contribution in [1.82, 2.24) is 5.32 Å². The van der Waals surface area contributed by atoms with Gasteiger partial charge in [-0.15, -0.1) is 0 Å². The van der Waals surface area contributed by atoms with Crippen LogP contribution in [-0.4, -0.2) is 12.6 Å². The van der Waals surface area contributed by atoms with Gasteiger partial charge in [0.2, 0.25) is 0 Å². The zero-order valence-corrected chi connectivity index (χ0v) is 8.67. The van der Waals surface area contributed by atoms with Crippen LogP contribution < -0.4 is 5.32 Å². The second-order valence-electron chi connectivity index (χ2n) is 4.72. The molecule has 1 saturated carbocycles. The lowest BCUT2D eigenvalue weighted by atomic mass is 9.82. The molecule has 2 fully saturated rings. The van der Waals surface area contributed by atoms with Crippen LogP contribution in [0.15, 0.2) is 0 Å². The lowest BCUT2D eigenvalue weighted by Crippen LogP contribution is -2.31. The van der Waals surface area contributed by atoms with E-state index in [1.165, 1.54) is 57.8 Å². The highest BCUT2D eigenvalue weighted by Crippen LogP contribution is 2.29. The zero-order valence-electron chi connectivity index (χ0n) is 8.67. The summed E-state index contributed by atoms with van der Waals surface area (Å²) in [6.07, 6.45) is 12.9. The fourth-order valence-electron chi connectivity index (χ4n) is 2.89. The highest BCUT2D eigenvalue weighted by Gasteiger charge is 2.24. The Morgan fingerprint density at radius 1 is 0.692 bits per heavy atom. The van der Waals surface area contributed by atoms with Gasteiger partial charge in [-0.25, -0.2) is 5.32 Å². The molecule has 13 heavy (non-hydrogen) atoms. The third-order valence-corrected chi connectivity index (χ3v) is 3.72. The average Bonchev–Trinajstić information content (AvgIpc) is 2.47. The SMILES string of the molecule is C1CCC(C2CCCCC[N]2)CC1. The van der Waals surface area contributed by atoms with Gasteiger partial charge in [0.25, 0.3) is 0 Å². The first-order chi connectivity index (χ1) is 6.47. The van der Waals surface area contributed by atoms with Gasteiger partial charge in [-0.3, -0.25) is 0 Å². The van der Waals surface area contributed by atoms with E-state index in [0.29, 0.717) is 0 Å². The van der Waals surface area contributed by atoms with E-state index in [4.69, 9.17) is 5.32 Å². The minimum absolute atomic E-state index is 0.753. The van der Waals surface area contributed by atoms with Crippen LogP contribution in [0.3, 0.4) is 0 Å². The molecule has 1 aliphatic carbocycles. The molecule has 0 amide bonds. The van der Waals surface area contributed by atoms with E-state index in [-0.39, 0.29) is 0 Å². The monoisotopic (exact) mass is 180 g/mol. The molecular formula is C12H22N. The predicted octanol–water partition coefficient (Wildman–Crippen LogP) is 3.11. The Bertz CT molecular complexity index is 130. The van der Waals surface area contributed by atoms with Crippen molar-refractivity contribution in [2.75, 3.05) is 6.54 Å². The van der Waals surface area contributed by atoms with Crippen molar-refractivity contribution >= 4 is 0 Å². The van der Waals surface area contributed by atoms with Crippen molar-refractivity contribution in [3.05, 3.63) is 0 Å². The summed E-state index contributed by atoms with van der Waals surface area (Å²) in [6.45, 7) is 1.15. The summed E-state index contributed by atoms with van der Waals surface area (Å²) in [5.41, 5.74) is 0. The largest absolute Gasteiger partial charge is 0.238 e. The maximum absolute atomic E-state index is 4.85. The third-order valence-electron chi connectivity index (χ3n) is 3.72. The number of rotatable bonds is 1. The molecule has 1 aliphatic heterocycles. The van der Waals surface area contributed by atoms with Crippen molar-refractivity contribution in [3.8, 4) is 0 Å². The topological polar surface area (TPSA) is 14.1 Å². The van der Waals surface area contributed by atoms with Crippen molar-refractivity contribution < 1.29 is 0 Å². The second-order valence-corrected chi connectivity index (χ2v) is 4.72. The maximum Gasteiger partial charge on any atom is 0.0274 e. The molecule has 2 aliphatic rings. The van der Waals surface area contributed by atoms with E-state index >= 15 is 0 Å². The quantitative estimate of drug-likeness (QED) is 0.588. The first-order valence-electron chi connectivity index (χ1n) is 6.13. The fourth-order valence-corrected chi connectivity index (χ4v) is 2.89. The van der Waals surface area contributed by atoms with Gasteiger partial charge < -0.3 is 0 Å². The Morgan fingerprint density at radius 2 is 1.38 bits per heavy atom. The number of hydrogen-bond acceptors (Lipinski definition) is 0. The summed E-state index contributed by atoms with van der Waals surface area (Å²) in [4.78, 5) is 0. The van der Waals surface area contributed by atoms with Crippen LogP contribution in [0, 0.1) is 5.92 Å². The molecule has 1 nitrogen and oxygen atoms in total. The van der Waals surface area contributed by atoms with Crippen LogP contribution in [0.5, 0.6) is 0 Å². The van der Waals surface area contributed by atoms with E-state index in [1.807, 2.05) is 0 Å². The summed E-state index contributed by atoms with van der Waals surface area (Å²) in [6, 6.07) is 0.753. The molecule has 0 aromatic heterocycles. The van der Waals surface area contributed by atoms with Gasteiger partial charge >= 0.3 is 0 Å². The number of hydrogen-bond donors (Lipinski definition) is 0. The van der Waals surface area contributed by atoms with E-state index in [9.17, 15) is 0 Å². The van der Waals surface area contributed by atoms with Crippen LogP contribution in [0.1, 0.15) is 57.8 Å². The van der Waals surface area contributed by atoms with Gasteiger partial charge in [0.15, 0.2) is 0 Å². The third kappa shape index (κ3) is 2.70. The molecule has 0 bridgehead atoms. The molecule has 1 unspecified atom stereocenters. The van der Waals surface area contributed by atoms with Gasteiger partial charge in [0.1, 0.15) is 0 Å². The predicted molar refractivity (Wildman–Crippen MR) is 55.8 cm³/mol. The highest BCUT2D eigenvalue weighted by molar-refractivity contribution is 4.80. The maximum atomic E-state index is 4.85. The Labute approximate surface area is 82.3 Å². The lowest BCUT2D eigenvalue weighted by Gasteiger charge is -2.28. The average molecular weight is 180 g/mol. The minimum atomic E-state index is 0.753. The molecular weight excluding hydrogens is 158 g/mol. The van der Waals surface area contributed by atoms with E-state index in [0.717, 1.165) is 18.5 Å². The molecule has 0 spiro atoms. The summed E-state index contributed by atoms with van der Waals surface area (Å²) in [5, 5.41) is 4.85. The van der Waals surface area contributed by atoms with Crippen LogP contribution in [0.25, 0.3) is 0 Å². The van der Waals surface area contributed by atoms with Gasteiger partial charge in [-0.2, -0.15) is 0 Å². The van der Waals surface area contributed by atoms with Crippen LogP contribution in [-0.2, 0) is 0 Å². The first kappa shape index (κ1) is 9.51. The standard InChI is InChI=1S/C12H22N/c1-3-7-11(8-4-1)12-9-5-2-6-10-13-12/h11-12H,1-10H2. The smallest absolute Gasteiger partial charge is 0.0274 e. The van der Waals surface area contributed by atoms with E-state index in [2.05, 4.69) is 0 Å². The van der Waals surface area contributed by atoms with Crippen molar-refractivity contribution in [3.63, 3.8) is 0 Å². The highest BCUT2D eigenvalue weighted by atomic mass is 14.9. The number of nitrogens with zero attached hydrogens (tertiary/aromatic N) is 1. The van der Waals surface area contributed by atoms with Crippen LogP contribution >= 0.6 is 0 Å². The zero-order chi connectivity index (χ0) is 8.93. The Balaban J connectivity index is 1.82. The molecule has 0 N–H and O–H groups in total. The van der Waals surface area contributed by atoms with Crippen molar-refractivity contribution in [1.29, 1.82) is 0 Å². The molecule has 0 aromatic rings. The fraction of sp³-hybridized carbons (Fsp3) is 1.00. The summed E-state index contributed by atoms with van der Waals surface area (Å²) in [5.74, 6) is 0.965. The molecule has 2 rings (SSSR count).